The van der Waals surface area contributed by atoms with Gasteiger partial charge >= 0.3 is 10.3 Å². The van der Waals surface area contributed by atoms with E-state index < -0.39 is 10.3 Å². The molecule has 1 aliphatic rings. The average Bonchev–Trinajstić information content (AvgIpc) is 2.31. The van der Waals surface area contributed by atoms with E-state index in [0.29, 0.717) is 6.54 Å². The summed E-state index contributed by atoms with van der Waals surface area (Å²) in [6, 6.07) is 0.198. The number of nitrogens with zero attached hydrogens (tertiary/aromatic N) is 1. The highest BCUT2D eigenvalue weighted by atomic mass is 32.2. The molecule has 1 saturated heterocycles. The second-order valence-corrected chi connectivity index (χ2v) is 4.05. The molecular formula is C6H14N2O3S. The fraction of sp³-hybridized carbons (Fsp3) is 1.00. The van der Waals surface area contributed by atoms with E-state index in [1.54, 1.807) is 0 Å². The van der Waals surface area contributed by atoms with Gasteiger partial charge in [-0.05, 0) is 19.3 Å². The Bertz CT molecular complexity index is 239. The van der Waals surface area contributed by atoms with Crippen LogP contribution in [0.15, 0.2) is 0 Å². The van der Waals surface area contributed by atoms with Gasteiger partial charge in [0.2, 0.25) is 0 Å². The van der Waals surface area contributed by atoms with Gasteiger partial charge in [0, 0.05) is 12.6 Å². The molecule has 0 aliphatic carbocycles. The van der Waals surface area contributed by atoms with E-state index in [4.69, 9.17) is 5.14 Å². The number of hydrogen-bond acceptors (Lipinski definition) is 4. The number of hydrogen-bond donors (Lipinski definition) is 1. The second-order valence-electron chi connectivity index (χ2n) is 2.91. The molecule has 1 atom stereocenters. The Hall–Kier alpha value is -0.170. The lowest BCUT2D eigenvalue weighted by molar-refractivity contribution is -0.0642. The van der Waals surface area contributed by atoms with Crippen molar-refractivity contribution in [3.8, 4) is 0 Å². The van der Waals surface area contributed by atoms with Gasteiger partial charge in [0.15, 0.2) is 0 Å². The Kier molecular flexibility index (Phi) is 3.05. The fourth-order valence-electron chi connectivity index (χ4n) is 1.45. The van der Waals surface area contributed by atoms with Crippen LogP contribution in [0.2, 0.25) is 0 Å². The maximum Gasteiger partial charge on any atom is 0.349 e. The number of hydroxylamine groups is 2. The van der Waals surface area contributed by atoms with Crippen LogP contribution < -0.4 is 5.14 Å². The molecule has 1 rings (SSSR count). The highest BCUT2D eigenvalue weighted by Crippen LogP contribution is 2.20. The Morgan fingerprint density at radius 3 is 2.83 bits per heavy atom. The van der Waals surface area contributed by atoms with Crippen molar-refractivity contribution in [1.29, 1.82) is 0 Å². The zero-order valence-corrected chi connectivity index (χ0v) is 7.88. The first kappa shape index (κ1) is 9.91. The van der Waals surface area contributed by atoms with Crippen molar-refractivity contribution in [2.45, 2.75) is 32.2 Å². The molecule has 0 saturated carbocycles. The highest BCUT2D eigenvalue weighted by molar-refractivity contribution is 7.84. The minimum atomic E-state index is -3.82. The summed E-state index contributed by atoms with van der Waals surface area (Å²) in [5, 5.41) is 6.19. The van der Waals surface area contributed by atoms with Gasteiger partial charge in [0.1, 0.15) is 0 Å². The Balaban J connectivity index is 2.52. The molecule has 0 spiro atoms. The van der Waals surface area contributed by atoms with E-state index in [2.05, 4.69) is 4.28 Å². The maximum atomic E-state index is 10.6. The summed E-state index contributed by atoms with van der Waals surface area (Å²) in [5.74, 6) is 0. The van der Waals surface area contributed by atoms with E-state index in [1.165, 1.54) is 5.06 Å². The van der Waals surface area contributed by atoms with Crippen LogP contribution in [0.25, 0.3) is 0 Å². The smallest absolute Gasteiger partial charge is 0.204 e. The standard InChI is InChI=1S/C6H14N2O3S/c1-2-6-4-3-5-8(6)11-12(7,9)10/h6H,2-5H2,1H3,(H2,7,9,10). The van der Waals surface area contributed by atoms with Gasteiger partial charge in [0.05, 0.1) is 0 Å². The van der Waals surface area contributed by atoms with Crippen molar-refractivity contribution in [1.82, 2.24) is 5.06 Å². The summed E-state index contributed by atoms with van der Waals surface area (Å²) >= 11 is 0. The monoisotopic (exact) mass is 194 g/mol. The van der Waals surface area contributed by atoms with Crippen molar-refractivity contribution in [3.05, 3.63) is 0 Å². The van der Waals surface area contributed by atoms with Gasteiger partial charge in [-0.3, -0.25) is 0 Å². The third-order valence-electron chi connectivity index (χ3n) is 1.99. The van der Waals surface area contributed by atoms with Crippen molar-refractivity contribution >= 4 is 10.3 Å². The number of nitrogens with two attached hydrogens (primary N) is 1. The van der Waals surface area contributed by atoms with Crippen LogP contribution in [0.4, 0.5) is 0 Å². The van der Waals surface area contributed by atoms with Crippen molar-refractivity contribution in [3.63, 3.8) is 0 Å². The zero-order chi connectivity index (χ0) is 9.19. The molecule has 0 aromatic carbocycles. The maximum absolute atomic E-state index is 10.6. The molecule has 0 amide bonds. The molecule has 0 aromatic rings. The van der Waals surface area contributed by atoms with Crippen LogP contribution in [0.3, 0.4) is 0 Å². The lowest BCUT2D eigenvalue weighted by Crippen LogP contribution is -2.34. The quantitative estimate of drug-likeness (QED) is 0.686. The van der Waals surface area contributed by atoms with E-state index in [-0.39, 0.29) is 6.04 Å². The normalized spacial score (nSPS) is 26.3. The van der Waals surface area contributed by atoms with Crippen molar-refractivity contribution in [2.75, 3.05) is 6.54 Å². The van der Waals surface area contributed by atoms with Gasteiger partial charge in [-0.15, -0.1) is 0 Å². The Morgan fingerprint density at radius 2 is 2.33 bits per heavy atom. The lowest BCUT2D eigenvalue weighted by atomic mass is 10.2. The van der Waals surface area contributed by atoms with E-state index >= 15 is 0 Å². The third-order valence-corrected chi connectivity index (χ3v) is 2.39. The number of rotatable bonds is 3. The minimum Gasteiger partial charge on any atom is -0.204 e. The van der Waals surface area contributed by atoms with Gasteiger partial charge in [-0.25, -0.2) is 5.14 Å². The van der Waals surface area contributed by atoms with Gasteiger partial charge in [-0.1, -0.05) is 6.92 Å². The molecule has 72 valence electrons. The molecule has 1 unspecified atom stereocenters. The van der Waals surface area contributed by atoms with E-state index in [9.17, 15) is 8.42 Å². The van der Waals surface area contributed by atoms with Gasteiger partial charge < -0.3 is 0 Å². The minimum absolute atomic E-state index is 0.198. The van der Waals surface area contributed by atoms with Crippen molar-refractivity contribution in [2.24, 2.45) is 5.14 Å². The first-order chi connectivity index (χ1) is 5.53. The molecule has 12 heavy (non-hydrogen) atoms. The SMILES string of the molecule is CCC1CCCN1OS(N)(=O)=O. The van der Waals surface area contributed by atoms with E-state index in [0.717, 1.165) is 19.3 Å². The molecule has 6 heteroatoms. The lowest BCUT2D eigenvalue weighted by Gasteiger charge is -2.19. The summed E-state index contributed by atoms with van der Waals surface area (Å²) in [4.78, 5) is 0. The van der Waals surface area contributed by atoms with Crippen LogP contribution >= 0.6 is 0 Å². The summed E-state index contributed by atoms with van der Waals surface area (Å²) < 4.78 is 25.7. The Labute approximate surface area is 72.7 Å². The summed E-state index contributed by atoms with van der Waals surface area (Å²) in [7, 11) is -3.82. The molecular weight excluding hydrogens is 180 g/mol. The molecule has 1 aliphatic heterocycles. The Morgan fingerprint density at radius 1 is 1.67 bits per heavy atom. The second kappa shape index (κ2) is 3.69. The predicted molar refractivity (Wildman–Crippen MR) is 44.2 cm³/mol. The molecule has 2 N–H and O–H groups in total. The first-order valence-corrected chi connectivity index (χ1v) is 5.49. The first-order valence-electron chi connectivity index (χ1n) is 4.02. The van der Waals surface area contributed by atoms with Crippen LogP contribution in [0.5, 0.6) is 0 Å². The predicted octanol–water partition coefficient (Wildman–Crippen LogP) is -0.00410. The largest absolute Gasteiger partial charge is 0.349 e. The topological polar surface area (TPSA) is 72.6 Å². The molecule has 1 heterocycles. The fourth-order valence-corrected chi connectivity index (χ4v) is 1.91. The van der Waals surface area contributed by atoms with Gasteiger partial charge in [0.25, 0.3) is 0 Å². The third kappa shape index (κ3) is 2.71. The summed E-state index contributed by atoms with van der Waals surface area (Å²) in [6.45, 7) is 2.64. The highest BCUT2D eigenvalue weighted by Gasteiger charge is 2.26. The molecule has 0 bridgehead atoms. The molecule has 1 fully saturated rings. The van der Waals surface area contributed by atoms with Gasteiger partial charge in [-0.2, -0.15) is 17.8 Å². The van der Waals surface area contributed by atoms with Crippen LogP contribution in [0, 0.1) is 0 Å². The van der Waals surface area contributed by atoms with Crippen LogP contribution in [-0.4, -0.2) is 26.1 Å². The molecule has 5 nitrogen and oxygen atoms in total. The van der Waals surface area contributed by atoms with Crippen LogP contribution in [0.1, 0.15) is 26.2 Å². The summed E-state index contributed by atoms with van der Waals surface area (Å²) in [5.41, 5.74) is 0. The van der Waals surface area contributed by atoms with Crippen molar-refractivity contribution < 1.29 is 12.7 Å². The zero-order valence-electron chi connectivity index (χ0n) is 7.06. The average molecular weight is 194 g/mol. The summed E-state index contributed by atoms with van der Waals surface area (Å²) in [6.07, 6.45) is 2.83. The molecule has 0 aromatic heterocycles. The van der Waals surface area contributed by atoms with Crippen LogP contribution in [-0.2, 0) is 14.6 Å². The molecule has 0 radical (unpaired) electrons. The van der Waals surface area contributed by atoms with E-state index in [1.807, 2.05) is 6.92 Å².